The molecule has 0 fully saturated rings. The number of aromatic carboxylic acids is 1. The number of carboxylic acid groups (broad SMARTS) is 2. The van der Waals surface area contributed by atoms with E-state index in [9.17, 15) is 24.6 Å². The number of phenols is 1. The Kier molecular flexibility index (Phi) is 6.12. The summed E-state index contributed by atoms with van der Waals surface area (Å²) in [5.41, 5.74) is 0.499. The molecule has 0 aliphatic heterocycles. The first-order valence-electron chi connectivity index (χ1n) is 5.57. The molecule has 1 aromatic heterocycles. The molecule has 22 heavy (non-hydrogen) atoms. The summed E-state index contributed by atoms with van der Waals surface area (Å²) < 4.78 is 0. The molecular weight excluding hydrogens is 321 g/mol. The van der Waals surface area contributed by atoms with E-state index in [1.807, 2.05) is 5.32 Å². The predicted octanol–water partition coefficient (Wildman–Crippen LogP) is -2.49. The summed E-state index contributed by atoms with van der Waals surface area (Å²) in [5.74, 6) is -4.62. The van der Waals surface area contributed by atoms with Gasteiger partial charge >= 0.3 is 35.5 Å². The number of benzene rings is 1. The molecule has 0 radical (unpaired) electrons. The number of thiophene rings is 1. The minimum atomic E-state index is -1.95. The molecule has 0 aliphatic rings. The van der Waals surface area contributed by atoms with Gasteiger partial charge in [0, 0.05) is 4.88 Å². The van der Waals surface area contributed by atoms with Crippen molar-refractivity contribution in [2.45, 2.75) is 0 Å². The van der Waals surface area contributed by atoms with E-state index in [0.717, 1.165) is 11.3 Å². The second-order valence-corrected chi connectivity index (χ2v) is 5.00. The van der Waals surface area contributed by atoms with E-state index in [1.54, 1.807) is 12.1 Å². The number of amides is 1. The van der Waals surface area contributed by atoms with E-state index in [4.69, 9.17) is 5.11 Å². The van der Waals surface area contributed by atoms with Crippen molar-refractivity contribution < 1.29 is 59.3 Å². The first kappa shape index (κ1) is 18.2. The number of carbonyl (C=O) groups excluding carboxylic acids is 2. The van der Waals surface area contributed by atoms with Crippen molar-refractivity contribution in [2.75, 3.05) is 5.32 Å². The molecule has 7 nitrogen and oxygen atoms in total. The second-order valence-electron chi connectivity index (χ2n) is 3.95. The van der Waals surface area contributed by atoms with E-state index < -0.39 is 17.8 Å². The summed E-state index contributed by atoms with van der Waals surface area (Å²) in [6.45, 7) is 0. The van der Waals surface area contributed by atoms with Gasteiger partial charge in [-0.05, 0) is 35.9 Å². The second kappa shape index (κ2) is 7.41. The Balaban J connectivity index is 0.00000242. The number of nitrogens with one attached hydrogen (secondary N) is 1. The van der Waals surface area contributed by atoms with Crippen LogP contribution in [-0.4, -0.2) is 28.1 Å². The minimum absolute atomic E-state index is 0. The predicted molar refractivity (Wildman–Crippen MR) is 72.0 cm³/mol. The Morgan fingerprint density at radius 3 is 2.23 bits per heavy atom. The summed E-state index contributed by atoms with van der Waals surface area (Å²) >= 11 is 0.871. The third kappa shape index (κ3) is 4.08. The van der Waals surface area contributed by atoms with Crippen LogP contribution in [0.4, 0.5) is 5.69 Å². The number of hydrogen-bond donors (Lipinski definition) is 3. The molecule has 1 aromatic carbocycles. The first-order valence-corrected chi connectivity index (χ1v) is 6.39. The minimum Gasteiger partial charge on any atom is -0.540 e. The van der Waals surface area contributed by atoms with Crippen LogP contribution in [0.1, 0.15) is 9.67 Å². The first-order chi connectivity index (χ1) is 9.88. The third-order valence-corrected chi connectivity index (χ3v) is 3.68. The van der Waals surface area contributed by atoms with E-state index in [1.165, 1.54) is 18.2 Å². The van der Waals surface area contributed by atoms with Crippen LogP contribution in [0.5, 0.6) is 5.75 Å². The topological polar surface area (TPSA) is 127 Å². The monoisotopic (exact) mass is 329 g/mol. The van der Waals surface area contributed by atoms with Crippen molar-refractivity contribution in [1.82, 2.24) is 0 Å². The number of aliphatic carboxylic acids is 1. The van der Waals surface area contributed by atoms with Crippen LogP contribution in [0, 0.1) is 0 Å². The Morgan fingerprint density at radius 1 is 1.14 bits per heavy atom. The van der Waals surface area contributed by atoms with Crippen LogP contribution >= 0.6 is 11.3 Å². The molecule has 108 valence electrons. The summed E-state index contributed by atoms with van der Waals surface area (Å²) in [7, 11) is 0. The fourth-order valence-electron chi connectivity index (χ4n) is 1.58. The number of hydrogen-bond acceptors (Lipinski definition) is 6. The van der Waals surface area contributed by atoms with Crippen molar-refractivity contribution in [3.63, 3.8) is 0 Å². The van der Waals surface area contributed by atoms with Gasteiger partial charge in [0.05, 0.1) is 5.69 Å². The number of anilines is 1. The van der Waals surface area contributed by atoms with Crippen LogP contribution in [0.25, 0.3) is 10.4 Å². The van der Waals surface area contributed by atoms with Gasteiger partial charge in [0.25, 0.3) is 5.91 Å². The molecule has 0 saturated carbocycles. The Morgan fingerprint density at radius 2 is 1.73 bits per heavy atom. The normalized spacial score (nSPS) is 9.64. The Bertz CT molecular complexity index is 725. The zero-order valence-corrected chi connectivity index (χ0v) is 14.1. The number of carbonyl (C=O) groups is 3. The fourth-order valence-corrected chi connectivity index (χ4v) is 2.54. The molecule has 9 heteroatoms. The van der Waals surface area contributed by atoms with Gasteiger partial charge in [-0.25, -0.2) is 4.79 Å². The summed E-state index contributed by atoms with van der Waals surface area (Å²) in [4.78, 5) is 32.9. The number of rotatable bonds is 3. The van der Waals surface area contributed by atoms with Gasteiger partial charge in [0.2, 0.25) is 0 Å². The summed E-state index contributed by atoms with van der Waals surface area (Å²) in [5, 5.41) is 30.7. The van der Waals surface area contributed by atoms with Gasteiger partial charge in [0.15, 0.2) is 0 Å². The molecule has 0 spiro atoms. The van der Waals surface area contributed by atoms with Crippen molar-refractivity contribution in [3.8, 4) is 16.2 Å². The van der Waals surface area contributed by atoms with Gasteiger partial charge in [-0.1, -0.05) is 0 Å². The third-order valence-electron chi connectivity index (χ3n) is 2.51. The number of phenolic OH excluding ortho intramolecular Hbond substituents is 1. The maximum absolute atomic E-state index is 11.1. The van der Waals surface area contributed by atoms with Crippen LogP contribution < -0.4 is 40.0 Å². The van der Waals surface area contributed by atoms with Crippen molar-refractivity contribution >= 4 is 34.9 Å². The van der Waals surface area contributed by atoms with Crippen LogP contribution in [-0.2, 0) is 9.59 Å². The quantitative estimate of drug-likeness (QED) is 0.422. The molecule has 0 bridgehead atoms. The number of aromatic hydroxyl groups is 1. The van der Waals surface area contributed by atoms with Gasteiger partial charge < -0.3 is 25.4 Å². The Hall–Kier alpha value is -1.87. The van der Waals surface area contributed by atoms with Gasteiger partial charge in [0.1, 0.15) is 16.6 Å². The SMILES string of the molecule is O=C([O-])C(=O)Nc1cc(-c2ccc(O)cc2)sc1C(=O)O.[Na+]. The van der Waals surface area contributed by atoms with E-state index in [2.05, 4.69) is 0 Å². The largest absolute Gasteiger partial charge is 1.00 e. The van der Waals surface area contributed by atoms with Crippen molar-refractivity contribution in [2.24, 2.45) is 0 Å². The molecular formula is C13H8NNaO6S. The van der Waals surface area contributed by atoms with Gasteiger partial charge in [-0.2, -0.15) is 0 Å². The zero-order chi connectivity index (χ0) is 15.6. The molecule has 3 N–H and O–H groups in total. The van der Waals surface area contributed by atoms with Gasteiger partial charge in [-0.3, -0.25) is 4.79 Å². The van der Waals surface area contributed by atoms with E-state index in [-0.39, 0.29) is 45.9 Å². The fraction of sp³-hybridized carbons (Fsp3) is 0. The summed E-state index contributed by atoms with van der Waals surface area (Å²) in [6, 6.07) is 7.33. The molecule has 2 rings (SSSR count). The van der Waals surface area contributed by atoms with E-state index >= 15 is 0 Å². The van der Waals surface area contributed by atoms with Crippen molar-refractivity contribution in [1.29, 1.82) is 0 Å². The zero-order valence-electron chi connectivity index (χ0n) is 11.3. The van der Waals surface area contributed by atoms with Crippen LogP contribution in [0.15, 0.2) is 30.3 Å². The molecule has 2 aromatic rings. The smallest absolute Gasteiger partial charge is 0.540 e. The standard InChI is InChI=1S/C13H9NO6S.Na/c15-7-3-1-6(2-4-7)9-5-8(10(21-9)12(17)18)14-11(16)13(19)20;/h1-5,15H,(H,14,16)(H,17,18)(H,19,20);/q;+1/p-1. The maximum atomic E-state index is 11.1. The Labute approximate surface area is 150 Å². The average molecular weight is 329 g/mol. The van der Waals surface area contributed by atoms with E-state index in [0.29, 0.717) is 10.4 Å². The number of carboxylic acids is 2. The molecule has 0 atom stereocenters. The summed E-state index contributed by atoms with van der Waals surface area (Å²) in [6.07, 6.45) is 0. The van der Waals surface area contributed by atoms with Crippen LogP contribution in [0.2, 0.25) is 0 Å². The van der Waals surface area contributed by atoms with Crippen molar-refractivity contribution in [3.05, 3.63) is 35.2 Å². The average Bonchev–Trinajstić information content (AvgIpc) is 2.83. The van der Waals surface area contributed by atoms with Crippen LogP contribution in [0.3, 0.4) is 0 Å². The maximum Gasteiger partial charge on any atom is 1.00 e. The molecule has 0 aliphatic carbocycles. The molecule has 0 unspecified atom stereocenters. The molecule has 1 heterocycles. The molecule has 1 amide bonds. The molecule has 0 saturated heterocycles. The van der Waals surface area contributed by atoms with Gasteiger partial charge in [-0.15, -0.1) is 11.3 Å².